The molecule has 0 fully saturated rings. The first-order chi connectivity index (χ1) is 9.16. The van der Waals surface area contributed by atoms with Crippen molar-refractivity contribution in [3.63, 3.8) is 0 Å². The molecule has 1 aromatic carbocycles. The summed E-state index contributed by atoms with van der Waals surface area (Å²) in [5.74, 6) is 0.274. The van der Waals surface area contributed by atoms with Gasteiger partial charge in [0.1, 0.15) is 0 Å². The zero-order chi connectivity index (χ0) is 13.4. The summed E-state index contributed by atoms with van der Waals surface area (Å²) in [7, 11) is 0. The minimum Gasteiger partial charge on any atom is -0.399 e. The van der Waals surface area contributed by atoms with E-state index in [2.05, 4.69) is 4.98 Å². The molecule has 0 saturated carbocycles. The van der Waals surface area contributed by atoms with Crippen LogP contribution < -0.4 is 5.73 Å². The highest BCUT2D eigenvalue weighted by Gasteiger charge is 2.23. The number of carbonyl (C=O) groups is 1. The van der Waals surface area contributed by atoms with E-state index in [9.17, 15) is 4.79 Å². The van der Waals surface area contributed by atoms with Crippen LogP contribution in [0.4, 0.5) is 5.69 Å². The Bertz CT molecular complexity index is 640. The Balaban J connectivity index is 2.18. The molecule has 1 aromatic heterocycles. The van der Waals surface area contributed by atoms with Crippen molar-refractivity contribution in [2.24, 2.45) is 0 Å². The van der Waals surface area contributed by atoms with Gasteiger partial charge in [0.2, 0.25) is 0 Å². The summed E-state index contributed by atoms with van der Waals surface area (Å²) >= 11 is 0. The number of benzene rings is 1. The molecule has 0 aliphatic heterocycles. The lowest BCUT2D eigenvalue weighted by Gasteiger charge is -2.05. The van der Waals surface area contributed by atoms with E-state index < -0.39 is 0 Å². The van der Waals surface area contributed by atoms with Gasteiger partial charge in [0.15, 0.2) is 5.78 Å². The monoisotopic (exact) mass is 254 g/mol. The first-order valence-electron chi connectivity index (χ1n) is 6.77. The van der Waals surface area contributed by atoms with Crippen LogP contribution in [0.5, 0.6) is 0 Å². The second-order valence-corrected chi connectivity index (χ2v) is 5.23. The van der Waals surface area contributed by atoms with E-state index in [1.165, 1.54) is 5.56 Å². The molecule has 1 heterocycles. The largest absolute Gasteiger partial charge is 0.399 e. The standard InChI is InChI=1S/C16H18N2O/c1-10-15-13(7-2-3-8-14(15)19)16(18-10)11-5-4-6-12(17)9-11/h4-6,9,18H,2-3,7-8,17H2,1H3. The maximum absolute atomic E-state index is 12.2. The third-order valence-electron chi connectivity index (χ3n) is 3.83. The third-order valence-corrected chi connectivity index (χ3v) is 3.83. The molecule has 3 rings (SSSR count). The molecular weight excluding hydrogens is 236 g/mol. The van der Waals surface area contributed by atoms with Gasteiger partial charge in [0, 0.05) is 34.6 Å². The second kappa shape index (κ2) is 4.57. The van der Waals surface area contributed by atoms with Gasteiger partial charge in [-0.15, -0.1) is 0 Å². The predicted octanol–water partition coefficient (Wildman–Crippen LogP) is 3.48. The molecule has 0 unspecified atom stereocenters. The lowest BCUT2D eigenvalue weighted by atomic mass is 9.99. The Morgan fingerprint density at radius 3 is 2.79 bits per heavy atom. The number of nitrogens with two attached hydrogens (primary N) is 1. The lowest BCUT2D eigenvalue weighted by molar-refractivity contribution is 0.0981. The minimum absolute atomic E-state index is 0.274. The third kappa shape index (κ3) is 2.05. The number of rotatable bonds is 1. The first kappa shape index (κ1) is 12.0. The van der Waals surface area contributed by atoms with Gasteiger partial charge in [-0.1, -0.05) is 12.1 Å². The number of nitrogens with one attached hydrogen (secondary N) is 1. The summed E-state index contributed by atoms with van der Waals surface area (Å²) in [6.45, 7) is 1.98. The second-order valence-electron chi connectivity index (χ2n) is 5.23. The fraction of sp³-hybridized carbons (Fsp3) is 0.312. The van der Waals surface area contributed by atoms with Gasteiger partial charge in [-0.3, -0.25) is 4.79 Å². The summed E-state index contributed by atoms with van der Waals surface area (Å²) in [6.07, 6.45) is 3.70. The fourth-order valence-electron chi connectivity index (χ4n) is 2.96. The van der Waals surface area contributed by atoms with Crippen LogP contribution in [0.3, 0.4) is 0 Å². The van der Waals surface area contributed by atoms with Crippen LogP contribution in [-0.2, 0) is 6.42 Å². The summed E-state index contributed by atoms with van der Waals surface area (Å²) in [6, 6.07) is 7.83. The van der Waals surface area contributed by atoms with Gasteiger partial charge >= 0.3 is 0 Å². The smallest absolute Gasteiger partial charge is 0.164 e. The number of ketones is 1. The number of aromatic amines is 1. The van der Waals surface area contributed by atoms with Gasteiger partial charge in [0.25, 0.3) is 0 Å². The van der Waals surface area contributed by atoms with Crippen molar-refractivity contribution < 1.29 is 4.79 Å². The Labute approximate surface area is 112 Å². The number of aryl methyl sites for hydroxylation is 1. The number of fused-ring (bicyclic) bond motifs is 1. The van der Waals surface area contributed by atoms with Crippen LogP contribution >= 0.6 is 0 Å². The molecule has 3 nitrogen and oxygen atoms in total. The normalized spacial score (nSPS) is 15.1. The van der Waals surface area contributed by atoms with Gasteiger partial charge < -0.3 is 10.7 Å². The summed E-state index contributed by atoms with van der Waals surface area (Å²) < 4.78 is 0. The van der Waals surface area contributed by atoms with Gasteiger partial charge in [-0.2, -0.15) is 0 Å². The Morgan fingerprint density at radius 1 is 1.21 bits per heavy atom. The molecule has 0 saturated heterocycles. The van der Waals surface area contributed by atoms with Gasteiger partial charge in [-0.05, 0) is 43.9 Å². The molecule has 98 valence electrons. The van der Waals surface area contributed by atoms with Crippen LogP contribution in [-0.4, -0.2) is 10.8 Å². The fourth-order valence-corrected chi connectivity index (χ4v) is 2.96. The van der Waals surface area contributed by atoms with E-state index >= 15 is 0 Å². The highest BCUT2D eigenvalue weighted by atomic mass is 16.1. The molecule has 0 amide bonds. The maximum Gasteiger partial charge on any atom is 0.164 e. The van der Waals surface area contributed by atoms with Crippen molar-refractivity contribution in [2.75, 3.05) is 5.73 Å². The van der Waals surface area contributed by atoms with E-state index in [4.69, 9.17) is 5.73 Å². The first-order valence-corrected chi connectivity index (χ1v) is 6.77. The van der Waals surface area contributed by atoms with Crippen LogP contribution in [0, 0.1) is 6.92 Å². The Hall–Kier alpha value is -2.03. The lowest BCUT2D eigenvalue weighted by Crippen LogP contribution is -1.99. The zero-order valence-corrected chi connectivity index (χ0v) is 11.1. The van der Waals surface area contributed by atoms with E-state index in [1.807, 2.05) is 31.2 Å². The molecular formula is C16H18N2O. The molecule has 0 radical (unpaired) electrons. The number of hydrogen-bond acceptors (Lipinski definition) is 2. The van der Waals surface area contributed by atoms with Crippen molar-refractivity contribution in [3.05, 3.63) is 41.1 Å². The quantitative estimate of drug-likeness (QED) is 0.604. The van der Waals surface area contributed by atoms with E-state index in [-0.39, 0.29) is 5.78 Å². The van der Waals surface area contributed by atoms with Crippen LogP contribution in [0.15, 0.2) is 24.3 Å². The average Bonchev–Trinajstić information content (AvgIpc) is 2.58. The van der Waals surface area contributed by atoms with Crippen molar-refractivity contribution in [1.29, 1.82) is 0 Å². The van der Waals surface area contributed by atoms with Crippen LogP contribution in [0.1, 0.15) is 40.9 Å². The number of hydrogen-bond donors (Lipinski definition) is 2. The van der Waals surface area contributed by atoms with Crippen molar-refractivity contribution >= 4 is 11.5 Å². The molecule has 1 aliphatic carbocycles. The number of anilines is 1. The summed E-state index contributed by atoms with van der Waals surface area (Å²) in [5.41, 5.74) is 11.8. The van der Waals surface area contributed by atoms with Crippen LogP contribution in [0.2, 0.25) is 0 Å². The Morgan fingerprint density at radius 2 is 2.00 bits per heavy atom. The molecule has 3 heteroatoms. The number of Topliss-reactive ketones (excluding diaryl/α,β-unsaturated/α-hetero) is 1. The number of nitrogen functional groups attached to an aromatic ring is 1. The average molecular weight is 254 g/mol. The number of H-pyrrole nitrogens is 1. The predicted molar refractivity (Wildman–Crippen MR) is 77.3 cm³/mol. The highest BCUT2D eigenvalue weighted by molar-refractivity contribution is 6.00. The van der Waals surface area contributed by atoms with Gasteiger partial charge in [0.05, 0.1) is 0 Å². The van der Waals surface area contributed by atoms with E-state index in [0.29, 0.717) is 6.42 Å². The van der Waals surface area contributed by atoms with E-state index in [0.717, 1.165) is 47.5 Å². The summed E-state index contributed by atoms with van der Waals surface area (Å²) in [4.78, 5) is 15.6. The zero-order valence-electron chi connectivity index (χ0n) is 11.1. The number of carbonyl (C=O) groups excluding carboxylic acids is 1. The van der Waals surface area contributed by atoms with Gasteiger partial charge in [-0.25, -0.2) is 0 Å². The van der Waals surface area contributed by atoms with Crippen molar-refractivity contribution in [3.8, 4) is 11.3 Å². The molecule has 0 bridgehead atoms. The maximum atomic E-state index is 12.2. The molecule has 0 atom stereocenters. The molecule has 1 aliphatic rings. The Kier molecular flexibility index (Phi) is 2.90. The molecule has 19 heavy (non-hydrogen) atoms. The minimum atomic E-state index is 0.274. The molecule has 0 spiro atoms. The summed E-state index contributed by atoms with van der Waals surface area (Å²) in [5, 5.41) is 0. The number of aromatic nitrogens is 1. The highest BCUT2D eigenvalue weighted by Crippen LogP contribution is 2.33. The topological polar surface area (TPSA) is 58.9 Å². The van der Waals surface area contributed by atoms with E-state index in [1.54, 1.807) is 0 Å². The van der Waals surface area contributed by atoms with Crippen molar-refractivity contribution in [2.45, 2.75) is 32.6 Å². The van der Waals surface area contributed by atoms with Crippen molar-refractivity contribution in [1.82, 2.24) is 4.98 Å². The SMILES string of the molecule is Cc1[nH]c(-c2cccc(N)c2)c2c1C(=O)CCCC2. The van der Waals surface area contributed by atoms with Crippen LogP contribution in [0.25, 0.3) is 11.3 Å². The molecule has 2 aromatic rings. The molecule has 3 N–H and O–H groups in total.